The van der Waals surface area contributed by atoms with Crippen LogP contribution in [0.2, 0.25) is 0 Å². The maximum Gasteiger partial charge on any atom is 0.490 e. The summed E-state index contributed by atoms with van der Waals surface area (Å²) in [6.07, 6.45) is -1.37. The van der Waals surface area contributed by atoms with Crippen LogP contribution in [-0.2, 0) is 31.6 Å². The molecule has 0 spiro atoms. The lowest BCUT2D eigenvalue weighted by Crippen LogP contribution is -2.50. The molecular weight excluding hydrogens is 383 g/mol. The summed E-state index contributed by atoms with van der Waals surface area (Å²) < 4.78 is 50.1. The summed E-state index contributed by atoms with van der Waals surface area (Å²) in [5, 5.41) is 9.86. The Morgan fingerprint density at radius 1 is 1.17 bits per heavy atom. The third kappa shape index (κ3) is 6.60. The smallest absolute Gasteiger partial charge is 0.390 e. The Hall–Kier alpha value is 0.290. The molecule has 1 rings (SSSR count). The summed E-state index contributed by atoms with van der Waals surface area (Å²) in [4.78, 5) is 35.1. The molecule has 0 aliphatic carbocycles. The maximum absolute atomic E-state index is 11.6. The van der Waals surface area contributed by atoms with E-state index in [9.17, 15) is 23.7 Å². The summed E-state index contributed by atoms with van der Waals surface area (Å²) in [7, 11) is -16.3. The highest BCUT2D eigenvalue weighted by Crippen LogP contribution is 2.66. The van der Waals surface area contributed by atoms with Crippen molar-refractivity contribution in [2.45, 2.75) is 31.2 Å². The molecule has 0 aromatic heterocycles. The number of hydrogen-bond donors (Lipinski definition) is 6. The number of phosphoric acid groups is 3. The molecule has 0 aromatic carbocycles. The van der Waals surface area contributed by atoms with Crippen LogP contribution in [0.25, 0.3) is 0 Å². The number of hydrogen-bond acceptors (Lipinski definition) is 9. The van der Waals surface area contributed by atoms with E-state index in [1.807, 2.05) is 0 Å². The Kier molecular flexibility index (Phi) is 6.74. The van der Waals surface area contributed by atoms with Crippen LogP contribution in [0.4, 0.5) is 0 Å². The number of nitrogens with two attached hydrogens (primary N) is 1. The van der Waals surface area contributed by atoms with Crippen molar-refractivity contribution < 1.29 is 56.3 Å². The lowest BCUT2D eigenvalue weighted by Gasteiger charge is -2.30. The fourth-order valence-corrected chi connectivity index (χ4v) is 5.00. The molecule has 13 nitrogen and oxygen atoms in total. The summed E-state index contributed by atoms with van der Waals surface area (Å²) >= 11 is 0. The van der Waals surface area contributed by atoms with Crippen LogP contribution in [-0.4, -0.2) is 55.6 Å². The van der Waals surface area contributed by atoms with Crippen LogP contribution < -0.4 is 5.73 Å². The highest BCUT2D eigenvalue weighted by molar-refractivity contribution is 7.66. The van der Waals surface area contributed by atoms with Gasteiger partial charge in [0.2, 0.25) is 0 Å². The second kappa shape index (κ2) is 7.27. The molecule has 0 amide bonds. The molecule has 138 valence electrons. The van der Waals surface area contributed by atoms with Gasteiger partial charge in [-0.2, -0.15) is 8.62 Å². The van der Waals surface area contributed by atoms with Crippen molar-refractivity contribution in [3.63, 3.8) is 0 Å². The zero-order chi connectivity index (χ0) is 18.1. The van der Waals surface area contributed by atoms with Crippen LogP contribution in [0.1, 0.15) is 13.3 Å². The second-order valence-electron chi connectivity index (χ2n) is 4.81. The molecule has 0 bridgehead atoms. The van der Waals surface area contributed by atoms with Gasteiger partial charge in [-0.3, -0.25) is 4.52 Å². The van der Waals surface area contributed by atoms with Crippen LogP contribution in [0, 0.1) is 0 Å². The zero-order valence-electron chi connectivity index (χ0n) is 11.8. The van der Waals surface area contributed by atoms with Crippen molar-refractivity contribution in [2.75, 3.05) is 13.2 Å². The van der Waals surface area contributed by atoms with Gasteiger partial charge in [0.1, 0.15) is 5.60 Å². The minimum atomic E-state index is -5.59. The maximum atomic E-state index is 11.6. The molecular formula is C7H18NO12P3. The monoisotopic (exact) mass is 401 g/mol. The number of aliphatic hydroxyl groups is 1. The van der Waals surface area contributed by atoms with Crippen molar-refractivity contribution in [1.29, 1.82) is 0 Å². The molecule has 1 aliphatic heterocycles. The molecule has 5 atom stereocenters. The Balaban J connectivity index is 2.74. The van der Waals surface area contributed by atoms with Gasteiger partial charge in [0, 0.05) is 13.0 Å². The van der Waals surface area contributed by atoms with Crippen molar-refractivity contribution in [3.05, 3.63) is 0 Å². The Morgan fingerprint density at radius 2 is 1.74 bits per heavy atom. The van der Waals surface area contributed by atoms with Crippen LogP contribution >= 0.6 is 23.5 Å². The summed E-state index contributed by atoms with van der Waals surface area (Å²) in [6, 6.07) is 0. The van der Waals surface area contributed by atoms with E-state index in [0.29, 0.717) is 0 Å². The molecule has 0 saturated carbocycles. The van der Waals surface area contributed by atoms with Gasteiger partial charge in [0.05, 0.1) is 18.8 Å². The third-order valence-corrected chi connectivity index (χ3v) is 6.61. The lowest BCUT2D eigenvalue weighted by molar-refractivity contribution is -0.0985. The average Bonchev–Trinajstić information content (AvgIpc) is 2.57. The first-order valence-corrected chi connectivity index (χ1v) is 10.6. The first kappa shape index (κ1) is 21.3. The number of phosphoric ester groups is 1. The molecule has 16 heteroatoms. The summed E-state index contributed by atoms with van der Waals surface area (Å²) in [6.45, 7) is 0.540. The molecule has 7 N–H and O–H groups in total. The van der Waals surface area contributed by atoms with E-state index in [4.69, 9.17) is 25.2 Å². The minimum absolute atomic E-state index is 0.178. The van der Waals surface area contributed by atoms with Crippen LogP contribution in [0.5, 0.6) is 0 Å². The fourth-order valence-electron chi connectivity index (χ4n) is 1.92. The first-order chi connectivity index (χ1) is 10.2. The highest BCUT2D eigenvalue weighted by atomic mass is 31.3. The molecule has 2 unspecified atom stereocenters. The SMILES string of the molecule is C[C@H]1C[C@@H](O)[C@@](CN)(COP(=O)(O)OP(=O)(O)OP(=O)(O)O)O1. The van der Waals surface area contributed by atoms with E-state index >= 15 is 0 Å². The van der Waals surface area contributed by atoms with Crippen molar-refractivity contribution in [2.24, 2.45) is 5.73 Å². The second-order valence-corrected chi connectivity index (χ2v) is 9.23. The van der Waals surface area contributed by atoms with Gasteiger partial charge >= 0.3 is 23.5 Å². The van der Waals surface area contributed by atoms with Gasteiger partial charge < -0.3 is 35.2 Å². The van der Waals surface area contributed by atoms with Crippen LogP contribution in [0.15, 0.2) is 0 Å². The molecule has 1 heterocycles. The first-order valence-electron chi connectivity index (χ1n) is 6.05. The highest BCUT2D eigenvalue weighted by Gasteiger charge is 2.49. The van der Waals surface area contributed by atoms with E-state index in [2.05, 4.69) is 13.1 Å². The van der Waals surface area contributed by atoms with E-state index in [1.165, 1.54) is 0 Å². The van der Waals surface area contributed by atoms with Gasteiger partial charge in [-0.05, 0) is 6.92 Å². The topological polar surface area (TPSA) is 215 Å². The fraction of sp³-hybridized carbons (Fsp3) is 1.00. The van der Waals surface area contributed by atoms with Crippen molar-refractivity contribution in [1.82, 2.24) is 0 Å². The summed E-state index contributed by atoms with van der Waals surface area (Å²) in [5.41, 5.74) is 3.92. The van der Waals surface area contributed by atoms with E-state index in [1.54, 1.807) is 6.92 Å². The molecule has 0 aromatic rings. The Labute approximate surface area is 130 Å². The average molecular weight is 401 g/mol. The Morgan fingerprint density at radius 3 is 2.13 bits per heavy atom. The van der Waals surface area contributed by atoms with Crippen molar-refractivity contribution in [3.8, 4) is 0 Å². The lowest BCUT2D eigenvalue weighted by atomic mass is 9.98. The number of rotatable bonds is 8. The minimum Gasteiger partial charge on any atom is -0.390 e. The Bertz CT molecular complexity index is 563. The largest absolute Gasteiger partial charge is 0.490 e. The van der Waals surface area contributed by atoms with Gasteiger partial charge in [-0.25, -0.2) is 13.7 Å². The quantitative estimate of drug-likeness (QED) is 0.275. The molecule has 23 heavy (non-hydrogen) atoms. The van der Waals surface area contributed by atoms with Crippen molar-refractivity contribution >= 4 is 23.5 Å². The number of aliphatic hydroxyl groups excluding tert-OH is 1. The number of ether oxygens (including phenoxy) is 1. The molecule has 1 aliphatic rings. The molecule has 0 radical (unpaired) electrons. The molecule has 1 fully saturated rings. The summed E-state index contributed by atoms with van der Waals surface area (Å²) in [5.74, 6) is 0. The van der Waals surface area contributed by atoms with E-state index in [0.717, 1.165) is 0 Å². The van der Waals surface area contributed by atoms with E-state index < -0.39 is 47.9 Å². The van der Waals surface area contributed by atoms with Gasteiger partial charge in [0.25, 0.3) is 0 Å². The van der Waals surface area contributed by atoms with Crippen LogP contribution in [0.3, 0.4) is 0 Å². The standard InChI is InChI=1S/C7H18NO12P3/c1-5-2-6(9)7(3-8,18-5)4-17-22(13,14)20-23(15,16)19-21(10,11)12/h5-6,9H,2-4,8H2,1H3,(H,13,14)(H,15,16)(H2,10,11,12)/t5-,6+,7+/m0/s1. The van der Waals surface area contributed by atoms with E-state index in [-0.39, 0.29) is 13.0 Å². The van der Waals surface area contributed by atoms with Gasteiger partial charge in [-0.15, -0.1) is 0 Å². The van der Waals surface area contributed by atoms with Gasteiger partial charge in [0.15, 0.2) is 0 Å². The predicted octanol–water partition coefficient (Wildman–Crippen LogP) is -0.803. The normalized spacial score (nSPS) is 34.0. The zero-order valence-corrected chi connectivity index (χ0v) is 14.5. The van der Waals surface area contributed by atoms with Gasteiger partial charge in [-0.1, -0.05) is 0 Å². The third-order valence-electron chi connectivity index (χ3n) is 2.83. The predicted molar refractivity (Wildman–Crippen MR) is 72.8 cm³/mol. The molecule has 1 saturated heterocycles.